The van der Waals surface area contributed by atoms with E-state index >= 15 is 0 Å². The van der Waals surface area contributed by atoms with Crippen molar-refractivity contribution in [2.24, 2.45) is 0 Å². The molecule has 158 valence electrons. The molecule has 0 aromatic heterocycles. The molecular weight excluding hydrogens is 401 g/mol. The molecule has 0 fully saturated rings. The third-order valence-corrected chi connectivity index (χ3v) is 5.34. The summed E-state index contributed by atoms with van der Waals surface area (Å²) in [5, 5.41) is 3.91. The fraction of sp³-hybridized carbons (Fsp3) is 0.280. The summed E-state index contributed by atoms with van der Waals surface area (Å²) in [5.74, 6) is 0.916. The largest absolute Gasteiger partial charge is 0.493 e. The fourth-order valence-electron chi connectivity index (χ4n) is 3.16. The highest BCUT2D eigenvalue weighted by Gasteiger charge is 2.09. The summed E-state index contributed by atoms with van der Waals surface area (Å²) in [6.45, 7) is 3.18. The Bertz CT molecular complexity index is 949. The topological polar surface area (TPSA) is 30.5 Å². The van der Waals surface area contributed by atoms with Crippen LogP contribution in [0.5, 0.6) is 11.5 Å². The first-order valence-corrected chi connectivity index (χ1v) is 10.4. The standard InChI is InChI=1S/C25H27ClFNO2/c1-18(8-9-19-6-4-3-5-7-19)28-16-20-10-13-24(25(14-20)29-2)30-17-21-11-12-22(27)15-23(21)26/h3-7,10-15,18,28H,8-9,16-17H2,1-2H3. The lowest BCUT2D eigenvalue weighted by molar-refractivity contribution is 0.284. The molecule has 3 rings (SSSR count). The zero-order chi connectivity index (χ0) is 21.3. The van der Waals surface area contributed by atoms with Crippen LogP contribution >= 0.6 is 11.6 Å². The highest BCUT2D eigenvalue weighted by Crippen LogP contribution is 2.30. The summed E-state index contributed by atoms with van der Waals surface area (Å²) in [7, 11) is 1.62. The van der Waals surface area contributed by atoms with Crippen molar-refractivity contribution in [3.05, 3.63) is 94.3 Å². The number of aryl methyl sites for hydroxylation is 1. The minimum Gasteiger partial charge on any atom is -0.493 e. The van der Waals surface area contributed by atoms with Crippen LogP contribution in [0.1, 0.15) is 30.0 Å². The van der Waals surface area contributed by atoms with E-state index in [2.05, 4.69) is 36.5 Å². The number of benzene rings is 3. The molecule has 0 saturated carbocycles. The molecule has 0 aliphatic carbocycles. The van der Waals surface area contributed by atoms with E-state index in [0.717, 1.165) is 30.5 Å². The molecule has 1 N–H and O–H groups in total. The van der Waals surface area contributed by atoms with Gasteiger partial charge in [0, 0.05) is 18.2 Å². The predicted molar refractivity (Wildman–Crippen MR) is 120 cm³/mol. The highest BCUT2D eigenvalue weighted by molar-refractivity contribution is 6.31. The van der Waals surface area contributed by atoms with Gasteiger partial charge in [-0.05, 0) is 55.2 Å². The fourth-order valence-corrected chi connectivity index (χ4v) is 3.38. The first-order valence-electron chi connectivity index (χ1n) is 10.1. The number of nitrogens with one attached hydrogen (secondary N) is 1. The van der Waals surface area contributed by atoms with Gasteiger partial charge in [0.25, 0.3) is 0 Å². The van der Waals surface area contributed by atoms with Crippen LogP contribution in [0.2, 0.25) is 5.02 Å². The molecule has 0 heterocycles. The van der Waals surface area contributed by atoms with Gasteiger partial charge in [-0.1, -0.05) is 54.1 Å². The number of rotatable bonds is 10. The van der Waals surface area contributed by atoms with Gasteiger partial charge in [0.1, 0.15) is 12.4 Å². The molecule has 30 heavy (non-hydrogen) atoms. The van der Waals surface area contributed by atoms with E-state index in [0.29, 0.717) is 22.6 Å². The Morgan fingerprint density at radius 2 is 1.77 bits per heavy atom. The van der Waals surface area contributed by atoms with E-state index in [1.54, 1.807) is 13.2 Å². The molecule has 3 aromatic rings. The molecule has 0 spiro atoms. The molecule has 0 bridgehead atoms. The lowest BCUT2D eigenvalue weighted by atomic mass is 10.1. The highest BCUT2D eigenvalue weighted by atomic mass is 35.5. The van der Waals surface area contributed by atoms with Crippen molar-refractivity contribution in [3.8, 4) is 11.5 Å². The van der Waals surface area contributed by atoms with Crippen LogP contribution in [0.15, 0.2) is 66.7 Å². The summed E-state index contributed by atoms with van der Waals surface area (Å²) in [5.41, 5.74) is 3.19. The smallest absolute Gasteiger partial charge is 0.161 e. The van der Waals surface area contributed by atoms with Crippen LogP contribution in [0.3, 0.4) is 0 Å². The summed E-state index contributed by atoms with van der Waals surface area (Å²) in [6, 6.07) is 21.1. The number of ether oxygens (including phenoxy) is 2. The summed E-state index contributed by atoms with van der Waals surface area (Å²) >= 11 is 6.07. The average Bonchev–Trinajstić information content (AvgIpc) is 2.76. The van der Waals surface area contributed by atoms with Crippen LogP contribution in [-0.2, 0) is 19.6 Å². The SMILES string of the molecule is COc1cc(CNC(C)CCc2ccccc2)ccc1OCc1ccc(F)cc1Cl. The van der Waals surface area contributed by atoms with Gasteiger partial charge in [-0.25, -0.2) is 4.39 Å². The van der Waals surface area contributed by atoms with Crippen molar-refractivity contribution < 1.29 is 13.9 Å². The lowest BCUT2D eigenvalue weighted by Crippen LogP contribution is -2.26. The van der Waals surface area contributed by atoms with Crippen molar-refractivity contribution in [2.45, 2.75) is 39.0 Å². The van der Waals surface area contributed by atoms with Crippen LogP contribution in [-0.4, -0.2) is 13.2 Å². The maximum absolute atomic E-state index is 13.2. The minimum atomic E-state index is -0.365. The second-order valence-corrected chi connectivity index (χ2v) is 7.72. The first-order chi connectivity index (χ1) is 14.5. The molecular formula is C25H27ClFNO2. The van der Waals surface area contributed by atoms with Gasteiger partial charge < -0.3 is 14.8 Å². The third kappa shape index (κ3) is 6.48. The summed E-state index contributed by atoms with van der Waals surface area (Å²) in [6.07, 6.45) is 2.12. The van der Waals surface area contributed by atoms with Crippen LogP contribution < -0.4 is 14.8 Å². The van der Waals surface area contributed by atoms with Crippen molar-refractivity contribution in [1.82, 2.24) is 5.32 Å². The number of hydrogen-bond donors (Lipinski definition) is 1. The molecule has 3 aromatic carbocycles. The van der Waals surface area contributed by atoms with Gasteiger partial charge >= 0.3 is 0 Å². The Labute approximate surface area is 182 Å². The zero-order valence-electron chi connectivity index (χ0n) is 17.3. The van der Waals surface area contributed by atoms with Gasteiger partial charge in [-0.2, -0.15) is 0 Å². The number of halogens is 2. The monoisotopic (exact) mass is 427 g/mol. The molecule has 0 aliphatic heterocycles. The van der Waals surface area contributed by atoms with Crippen LogP contribution in [0.25, 0.3) is 0 Å². The Morgan fingerprint density at radius 3 is 2.50 bits per heavy atom. The number of methoxy groups -OCH3 is 1. The molecule has 1 atom stereocenters. The minimum absolute atomic E-state index is 0.240. The Hall–Kier alpha value is -2.56. The summed E-state index contributed by atoms with van der Waals surface area (Å²) in [4.78, 5) is 0. The quantitative estimate of drug-likeness (QED) is 0.419. The summed E-state index contributed by atoms with van der Waals surface area (Å²) < 4.78 is 24.5. The van der Waals surface area contributed by atoms with Crippen molar-refractivity contribution in [3.63, 3.8) is 0 Å². The normalized spacial score (nSPS) is 11.9. The van der Waals surface area contributed by atoms with E-state index in [1.165, 1.54) is 17.7 Å². The lowest BCUT2D eigenvalue weighted by Gasteiger charge is -2.16. The second kappa shape index (κ2) is 11.0. The van der Waals surface area contributed by atoms with E-state index in [4.69, 9.17) is 21.1 Å². The number of hydrogen-bond acceptors (Lipinski definition) is 3. The molecule has 0 radical (unpaired) electrons. The molecule has 0 amide bonds. The van der Waals surface area contributed by atoms with Gasteiger partial charge in [-0.3, -0.25) is 0 Å². The predicted octanol–water partition coefficient (Wildman–Crippen LogP) is 6.18. The van der Waals surface area contributed by atoms with Gasteiger partial charge in [0.15, 0.2) is 11.5 Å². The third-order valence-electron chi connectivity index (χ3n) is 4.99. The molecule has 0 saturated heterocycles. The Kier molecular flexibility index (Phi) is 8.12. The van der Waals surface area contributed by atoms with E-state index in [1.807, 2.05) is 24.3 Å². The maximum atomic E-state index is 13.2. The first kappa shape index (κ1) is 22.1. The molecule has 3 nitrogen and oxygen atoms in total. The van der Waals surface area contributed by atoms with E-state index in [-0.39, 0.29) is 12.4 Å². The van der Waals surface area contributed by atoms with Gasteiger partial charge in [0.2, 0.25) is 0 Å². The van der Waals surface area contributed by atoms with Crippen LogP contribution in [0.4, 0.5) is 4.39 Å². The van der Waals surface area contributed by atoms with Crippen molar-refractivity contribution in [2.75, 3.05) is 7.11 Å². The van der Waals surface area contributed by atoms with E-state index < -0.39 is 0 Å². The van der Waals surface area contributed by atoms with Crippen molar-refractivity contribution >= 4 is 11.6 Å². The molecule has 1 unspecified atom stereocenters. The van der Waals surface area contributed by atoms with Crippen molar-refractivity contribution in [1.29, 1.82) is 0 Å². The van der Waals surface area contributed by atoms with Crippen LogP contribution in [0, 0.1) is 5.82 Å². The maximum Gasteiger partial charge on any atom is 0.161 e. The molecule has 5 heteroatoms. The second-order valence-electron chi connectivity index (χ2n) is 7.32. The Balaban J connectivity index is 1.53. The zero-order valence-corrected chi connectivity index (χ0v) is 18.1. The van der Waals surface area contributed by atoms with Gasteiger partial charge in [0.05, 0.1) is 12.1 Å². The Morgan fingerprint density at radius 1 is 0.967 bits per heavy atom. The van der Waals surface area contributed by atoms with E-state index in [9.17, 15) is 4.39 Å². The average molecular weight is 428 g/mol. The van der Waals surface area contributed by atoms with Gasteiger partial charge in [-0.15, -0.1) is 0 Å². The molecule has 0 aliphatic rings.